The van der Waals surface area contributed by atoms with E-state index in [0.29, 0.717) is 0 Å². The number of ketones is 1. The first-order chi connectivity index (χ1) is 9.66. The third-order valence-electron chi connectivity index (χ3n) is 3.70. The highest BCUT2D eigenvalue weighted by molar-refractivity contribution is 7.17. The summed E-state index contributed by atoms with van der Waals surface area (Å²) in [6, 6.07) is 8.52. The molecule has 1 aromatic carbocycles. The van der Waals surface area contributed by atoms with Gasteiger partial charge in [0.25, 0.3) is 0 Å². The zero-order chi connectivity index (χ0) is 14.1. The molecule has 20 heavy (non-hydrogen) atoms. The molecule has 0 atom stereocenters. The monoisotopic (exact) mass is 286 g/mol. The van der Waals surface area contributed by atoms with Crippen LogP contribution in [0, 0.1) is 6.92 Å². The van der Waals surface area contributed by atoms with E-state index in [-0.39, 0.29) is 5.78 Å². The molecule has 4 heteroatoms. The Morgan fingerprint density at radius 3 is 2.85 bits per heavy atom. The second kappa shape index (κ2) is 5.37. The second-order valence-corrected chi connectivity index (χ2v) is 6.18. The summed E-state index contributed by atoms with van der Waals surface area (Å²) in [5, 5.41) is 0.946. The van der Waals surface area contributed by atoms with Crippen molar-refractivity contribution in [1.82, 2.24) is 4.98 Å². The fraction of sp³-hybridized carbons (Fsp3) is 0.375. The molecular weight excluding hydrogens is 268 g/mol. The molecule has 1 aromatic heterocycles. The van der Waals surface area contributed by atoms with Crippen LogP contribution in [0.15, 0.2) is 24.3 Å². The number of carbonyl (C=O) groups is 1. The van der Waals surface area contributed by atoms with Crippen molar-refractivity contribution in [3.8, 4) is 0 Å². The van der Waals surface area contributed by atoms with Crippen molar-refractivity contribution in [3.63, 3.8) is 0 Å². The highest BCUT2D eigenvalue weighted by Gasteiger charge is 2.21. The average molecular weight is 286 g/mol. The SMILES string of the molecule is CC(=O)c1sc(N2CCCCc3ccccc32)nc1C. The van der Waals surface area contributed by atoms with Gasteiger partial charge in [-0.15, -0.1) is 0 Å². The molecule has 0 fully saturated rings. The van der Waals surface area contributed by atoms with Crippen molar-refractivity contribution in [2.24, 2.45) is 0 Å². The Morgan fingerprint density at radius 1 is 1.30 bits per heavy atom. The minimum absolute atomic E-state index is 0.106. The van der Waals surface area contributed by atoms with E-state index in [1.54, 1.807) is 6.92 Å². The first-order valence-corrected chi connectivity index (χ1v) is 7.82. The van der Waals surface area contributed by atoms with Gasteiger partial charge in [-0.2, -0.15) is 0 Å². The number of fused-ring (bicyclic) bond motifs is 1. The molecule has 104 valence electrons. The molecule has 0 saturated heterocycles. The Kier molecular flexibility index (Phi) is 3.57. The molecule has 0 aliphatic carbocycles. The van der Waals surface area contributed by atoms with Crippen molar-refractivity contribution in [2.45, 2.75) is 33.1 Å². The quantitative estimate of drug-likeness (QED) is 0.778. The molecule has 0 bridgehead atoms. The Balaban J connectivity index is 2.05. The second-order valence-electron chi connectivity index (χ2n) is 5.20. The number of Topliss-reactive ketones (excluding diaryl/α,β-unsaturated/α-hetero) is 1. The van der Waals surface area contributed by atoms with Gasteiger partial charge in [0.15, 0.2) is 10.9 Å². The van der Waals surface area contributed by atoms with Gasteiger partial charge >= 0.3 is 0 Å². The number of carbonyl (C=O) groups excluding carboxylic acids is 1. The summed E-state index contributed by atoms with van der Waals surface area (Å²) < 4.78 is 0. The van der Waals surface area contributed by atoms with Crippen molar-refractivity contribution < 1.29 is 4.79 Å². The highest BCUT2D eigenvalue weighted by Crippen LogP contribution is 2.36. The maximum atomic E-state index is 11.6. The van der Waals surface area contributed by atoms with Gasteiger partial charge in [-0.3, -0.25) is 4.79 Å². The smallest absolute Gasteiger partial charge is 0.190 e. The third-order valence-corrected chi connectivity index (χ3v) is 4.98. The first kappa shape index (κ1) is 13.3. The molecule has 0 unspecified atom stereocenters. The van der Waals surface area contributed by atoms with Gasteiger partial charge in [0.2, 0.25) is 0 Å². The lowest BCUT2D eigenvalue weighted by Gasteiger charge is -2.21. The first-order valence-electron chi connectivity index (χ1n) is 7.00. The maximum absolute atomic E-state index is 11.6. The highest BCUT2D eigenvalue weighted by atomic mass is 32.1. The molecule has 0 N–H and O–H groups in total. The van der Waals surface area contributed by atoms with Crippen molar-refractivity contribution in [3.05, 3.63) is 40.4 Å². The molecular formula is C16H18N2OS. The molecule has 1 aliphatic heterocycles. The zero-order valence-corrected chi connectivity index (χ0v) is 12.7. The fourth-order valence-electron chi connectivity index (χ4n) is 2.71. The van der Waals surface area contributed by atoms with E-state index in [0.717, 1.165) is 35.1 Å². The molecule has 0 amide bonds. The van der Waals surface area contributed by atoms with Gasteiger partial charge in [-0.25, -0.2) is 4.98 Å². The predicted octanol–water partition coefficient (Wildman–Crippen LogP) is 4.13. The van der Waals surface area contributed by atoms with E-state index in [2.05, 4.69) is 34.1 Å². The normalized spacial score (nSPS) is 14.8. The van der Waals surface area contributed by atoms with Gasteiger partial charge in [0.1, 0.15) is 0 Å². The zero-order valence-electron chi connectivity index (χ0n) is 11.8. The molecule has 2 aromatic rings. The number of benzene rings is 1. The largest absolute Gasteiger partial charge is 0.318 e. The van der Waals surface area contributed by atoms with Crippen LogP contribution in [-0.2, 0) is 6.42 Å². The number of nitrogens with zero attached hydrogens (tertiary/aromatic N) is 2. The minimum atomic E-state index is 0.106. The van der Waals surface area contributed by atoms with Crippen LogP contribution in [0.1, 0.15) is 40.7 Å². The third kappa shape index (κ3) is 2.36. The summed E-state index contributed by atoms with van der Waals surface area (Å²) in [4.78, 5) is 19.3. The van der Waals surface area contributed by atoms with Crippen LogP contribution in [0.25, 0.3) is 0 Å². The lowest BCUT2D eigenvalue weighted by Crippen LogP contribution is -2.17. The summed E-state index contributed by atoms with van der Waals surface area (Å²) in [6.07, 6.45) is 3.48. The van der Waals surface area contributed by atoms with Gasteiger partial charge in [0, 0.05) is 19.2 Å². The molecule has 2 heterocycles. The lowest BCUT2D eigenvalue weighted by atomic mass is 10.1. The van der Waals surface area contributed by atoms with Gasteiger partial charge in [-0.1, -0.05) is 29.5 Å². The van der Waals surface area contributed by atoms with E-state index >= 15 is 0 Å². The summed E-state index contributed by atoms with van der Waals surface area (Å²) >= 11 is 1.51. The van der Waals surface area contributed by atoms with Crippen LogP contribution >= 0.6 is 11.3 Å². The molecule has 3 rings (SSSR count). The Morgan fingerprint density at radius 2 is 2.10 bits per heavy atom. The topological polar surface area (TPSA) is 33.2 Å². The number of para-hydroxylation sites is 1. The van der Waals surface area contributed by atoms with E-state index in [1.165, 1.54) is 29.0 Å². The maximum Gasteiger partial charge on any atom is 0.190 e. The molecule has 0 saturated carbocycles. The summed E-state index contributed by atoms with van der Waals surface area (Å²) in [5.41, 5.74) is 3.47. The molecule has 0 spiro atoms. The van der Waals surface area contributed by atoms with E-state index in [9.17, 15) is 4.79 Å². The van der Waals surface area contributed by atoms with Crippen LogP contribution in [0.4, 0.5) is 10.8 Å². The number of anilines is 2. The number of hydrogen-bond acceptors (Lipinski definition) is 4. The number of hydrogen-bond donors (Lipinski definition) is 0. The van der Waals surface area contributed by atoms with E-state index in [1.807, 2.05) is 6.92 Å². The summed E-state index contributed by atoms with van der Waals surface area (Å²) in [5.74, 6) is 0.106. The average Bonchev–Trinajstić information content (AvgIpc) is 2.70. The van der Waals surface area contributed by atoms with Crippen LogP contribution in [0.2, 0.25) is 0 Å². The standard InChI is InChI=1S/C16H18N2OS/c1-11-15(12(2)19)20-16(17-11)18-10-6-5-8-13-7-3-4-9-14(13)18/h3-4,7,9H,5-6,8,10H2,1-2H3. The molecule has 0 radical (unpaired) electrons. The molecule has 1 aliphatic rings. The van der Waals surface area contributed by atoms with Crippen molar-refractivity contribution in [1.29, 1.82) is 0 Å². The number of aryl methyl sites for hydroxylation is 2. The Hall–Kier alpha value is -1.68. The van der Waals surface area contributed by atoms with Crippen LogP contribution in [-0.4, -0.2) is 17.3 Å². The summed E-state index contributed by atoms with van der Waals surface area (Å²) in [7, 11) is 0. The molecule has 3 nitrogen and oxygen atoms in total. The van der Waals surface area contributed by atoms with Gasteiger partial charge < -0.3 is 4.90 Å². The predicted molar refractivity (Wildman–Crippen MR) is 83.2 cm³/mol. The van der Waals surface area contributed by atoms with E-state index in [4.69, 9.17) is 0 Å². The van der Waals surface area contributed by atoms with Gasteiger partial charge in [-0.05, 0) is 37.8 Å². The number of aromatic nitrogens is 1. The fourth-order valence-corrected chi connectivity index (χ4v) is 3.72. The number of thiazole rings is 1. The lowest BCUT2D eigenvalue weighted by molar-refractivity contribution is 0.102. The van der Waals surface area contributed by atoms with Crippen molar-refractivity contribution in [2.75, 3.05) is 11.4 Å². The number of rotatable bonds is 2. The minimum Gasteiger partial charge on any atom is -0.318 e. The van der Waals surface area contributed by atoms with E-state index < -0.39 is 0 Å². The Bertz CT molecular complexity index is 648. The van der Waals surface area contributed by atoms with Gasteiger partial charge in [0.05, 0.1) is 10.6 Å². The van der Waals surface area contributed by atoms with Crippen LogP contribution in [0.5, 0.6) is 0 Å². The van der Waals surface area contributed by atoms with Crippen LogP contribution < -0.4 is 4.90 Å². The Labute approximate surface area is 123 Å². The van der Waals surface area contributed by atoms with Crippen molar-refractivity contribution >= 4 is 27.9 Å². The summed E-state index contributed by atoms with van der Waals surface area (Å²) in [6.45, 7) is 4.50. The van der Waals surface area contributed by atoms with Crippen LogP contribution in [0.3, 0.4) is 0 Å².